The van der Waals surface area contributed by atoms with E-state index in [9.17, 15) is 14.4 Å². The lowest BCUT2D eigenvalue weighted by Crippen LogP contribution is -2.41. The summed E-state index contributed by atoms with van der Waals surface area (Å²) in [5, 5.41) is 9.24. The summed E-state index contributed by atoms with van der Waals surface area (Å²) in [6.45, 7) is 8.55. The predicted octanol–water partition coefficient (Wildman–Crippen LogP) is 4.40. The highest BCUT2D eigenvalue weighted by Gasteiger charge is 2.29. The van der Waals surface area contributed by atoms with Crippen molar-refractivity contribution >= 4 is 34.2 Å². The monoisotopic (exact) mass is 559 g/mol. The van der Waals surface area contributed by atoms with Crippen molar-refractivity contribution in [2.75, 3.05) is 49.5 Å². The van der Waals surface area contributed by atoms with Gasteiger partial charge in [0.1, 0.15) is 0 Å². The van der Waals surface area contributed by atoms with Gasteiger partial charge in [0, 0.05) is 37.6 Å². The van der Waals surface area contributed by atoms with Crippen LogP contribution in [0.3, 0.4) is 0 Å². The van der Waals surface area contributed by atoms with Crippen LogP contribution in [-0.2, 0) is 20.9 Å². The van der Waals surface area contributed by atoms with Crippen LogP contribution in [0.15, 0.2) is 53.3 Å². The van der Waals surface area contributed by atoms with Gasteiger partial charge in [-0.2, -0.15) is 5.10 Å². The van der Waals surface area contributed by atoms with E-state index in [4.69, 9.17) is 9.84 Å². The number of nitrogens with zero attached hydrogens (tertiary/aromatic N) is 4. The van der Waals surface area contributed by atoms with Gasteiger partial charge in [-0.15, -0.1) is 0 Å². The summed E-state index contributed by atoms with van der Waals surface area (Å²) in [7, 11) is 0. The Bertz CT molecular complexity index is 1430. The molecule has 9 nitrogen and oxygen atoms in total. The molecule has 0 radical (unpaired) electrons. The Morgan fingerprint density at radius 3 is 2.54 bits per heavy atom. The molecule has 0 spiro atoms. The molecular weight excluding hydrogens is 518 g/mol. The largest absolute Gasteiger partial charge is 0.466 e. The Morgan fingerprint density at radius 1 is 1.00 bits per heavy atom. The Balaban J connectivity index is 1.22. The van der Waals surface area contributed by atoms with Gasteiger partial charge in [0.15, 0.2) is 5.82 Å². The number of benzene rings is 2. The number of carbonyl (C=O) groups excluding carboxylic acids is 2. The van der Waals surface area contributed by atoms with Crippen LogP contribution in [0.5, 0.6) is 0 Å². The lowest BCUT2D eigenvalue weighted by Gasteiger charge is -2.33. The molecule has 0 saturated carbocycles. The lowest BCUT2D eigenvalue weighted by molar-refractivity contribution is -0.148. The summed E-state index contributed by atoms with van der Waals surface area (Å²) in [5.41, 5.74) is 2.06. The van der Waals surface area contributed by atoms with Crippen molar-refractivity contribution in [2.45, 2.75) is 58.4 Å². The molecule has 2 aromatic carbocycles. The first-order chi connectivity index (χ1) is 19.9. The topological polar surface area (TPSA) is 96.8 Å². The zero-order chi connectivity index (χ0) is 28.8. The van der Waals surface area contributed by atoms with E-state index in [2.05, 4.69) is 27.2 Å². The summed E-state index contributed by atoms with van der Waals surface area (Å²) < 4.78 is 6.91. The number of aromatic nitrogens is 2. The molecule has 0 aliphatic carbocycles. The van der Waals surface area contributed by atoms with Gasteiger partial charge in [0.05, 0.1) is 17.9 Å². The molecule has 1 amide bonds. The minimum Gasteiger partial charge on any atom is -0.466 e. The molecule has 3 aromatic rings. The van der Waals surface area contributed by atoms with Crippen molar-refractivity contribution < 1.29 is 14.3 Å². The molecule has 1 unspecified atom stereocenters. The van der Waals surface area contributed by atoms with Gasteiger partial charge in [0.25, 0.3) is 5.56 Å². The van der Waals surface area contributed by atoms with Crippen molar-refractivity contribution in [2.24, 2.45) is 5.92 Å². The zero-order valence-corrected chi connectivity index (χ0v) is 24.2. The van der Waals surface area contributed by atoms with E-state index in [1.54, 1.807) is 4.68 Å². The van der Waals surface area contributed by atoms with Gasteiger partial charge in [-0.1, -0.05) is 30.3 Å². The van der Waals surface area contributed by atoms with Crippen molar-refractivity contribution in [3.63, 3.8) is 0 Å². The average Bonchev–Trinajstić information content (AvgIpc) is 2.99. The number of hydrogen-bond acceptors (Lipinski definition) is 7. The van der Waals surface area contributed by atoms with Gasteiger partial charge in [-0.3, -0.25) is 14.4 Å². The van der Waals surface area contributed by atoms with E-state index >= 15 is 0 Å². The van der Waals surface area contributed by atoms with E-state index < -0.39 is 0 Å². The van der Waals surface area contributed by atoms with Crippen molar-refractivity contribution in [1.29, 1.82) is 0 Å². The molecule has 5 rings (SSSR count). The number of piperidine rings is 2. The summed E-state index contributed by atoms with van der Waals surface area (Å²) >= 11 is 0. The van der Waals surface area contributed by atoms with Crippen LogP contribution < -0.4 is 15.8 Å². The molecule has 2 aliphatic heterocycles. The molecule has 9 heteroatoms. The summed E-state index contributed by atoms with van der Waals surface area (Å²) in [4.78, 5) is 41.9. The quantitative estimate of drug-likeness (QED) is 0.388. The number of ether oxygens (including phenoxy) is 1. The SMILES string of the molecule is CCOC(=O)C1CCCN(c2nn(CCCN3CCC(c4cccc(NC(C)=O)c4)CC3)c(=O)c3ccccc23)C1. The molecule has 218 valence electrons. The second-order valence-electron chi connectivity index (χ2n) is 11.2. The van der Waals surface area contributed by atoms with Crippen molar-refractivity contribution in [3.05, 3.63) is 64.4 Å². The average molecular weight is 560 g/mol. The molecule has 2 saturated heterocycles. The fourth-order valence-corrected chi connectivity index (χ4v) is 6.23. The maximum atomic E-state index is 13.4. The van der Waals surface area contributed by atoms with E-state index in [-0.39, 0.29) is 23.4 Å². The van der Waals surface area contributed by atoms with E-state index in [0.29, 0.717) is 31.0 Å². The Kier molecular flexibility index (Phi) is 9.34. The fourth-order valence-electron chi connectivity index (χ4n) is 6.23. The number of aryl methyl sites for hydroxylation is 1. The molecule has 1 N–H and O–H groups in total. The van der Waals surface area contributed by atoms with Gasteiger partial charge >= 0.3 is 5.97 Å². The summed E-state index contributed by atoms with van der Waals surface area (Å²) in [5.74, 6) is 0.868. The number of amides is 1. The second kappa shape index (κ2) is 13.3. The van der Waals surface area contributed by atoms with Gasteiger partial charge in [-0.25, -0.2) is 4.68 Å². The highest BCUT2D eigenvalue weighted by atomic mass is 16.5. The lowest BCUT2D eigenvalue weighted by atomic mass is 9.89. The third kappa shape index (κ3) is 6.96. The van der Waals surface area contributed by atoms with Crippen LogP contribution >= 0.6 is 0 Å². The number of hydrogen-bond donors (Lipinski definition) is 1. The molecule has 2 aliphatic rings. The molecule has 3 heterocycles. The minimum absolute atomic E-state index is 0.0547. The summed E-state index contributed by atoms with van der Waals surface area (Å²) in [6, 6.07) is 15.8. The standard InChI is InChI=1S/C32H41N5O4/c1-3-41-32(40)26-10-7-17-36(22-26)30-28-12-4-5-13-29(28)31(39)37(34-30)18-8-16-35-19-14-24(15-20-35)25-9-6-11-27(21-25)33-23(2)38/h4-6,9,11-13,21,24,26H,3,7-8,10,14-20,22H2,1-2H3,(H,33,38). The number of rotatable bonds is 9. The van der Waals surface area contributed by atoms with Crippen molar-refractivity contribution in [1.82, 2.24) is 14.7 Å². The highest BCUT2D eigenvalue weighted by Crippen LogP contribution is 2.30. The van der Waals surface area contributed by atoms with Crippen LogP contribution in [0.4, 0.5) is 11.5 Å². The number of carbonyl (C=O) groups is 2. The predicted molar refractivity (Wildman–Crippen MR) is 161 cm³/mol. The Hall–Kier alpha value is -3.72. The molecule has 41 heavy (non-hydrogen) atoms. The molecule has 2 fully saturated rings. The Labute approximate surface area is 241 Å². The first-order valence-corrected chi connectivity index (χ1v) is 14.9. The first-order valence-electron chi connectivity index (χ1n) is 14.9. The smallest absolute Gasteiger partial charge is 0.310 e. The van der Waals surface area contributed by atoms with Gasteiger partial charge in [0.2, 0.25) is 5.91 Å². The van der Waals surface area contributed by atoms with Gasteiger partial charge in [-0.05, 0) is 88.3 Å². The number of fused-ring (bicyclic) bond motifs is 1. The Morgan fingerprint density at radius 2 is 1.78 bits per heavy atom. The molecule has 1 aromatic heterocycles. The fraction of sp³-hybridized carbons (Fsp3) is 0.500. The van der Waals surface area contributed by atoms with E-state index in [1.165, 1.54) is 12.5 Å². The van der Waals surface area contributed by atoms with E-state index in [1.807, 2.05) is 43.3 Å². The third-order valence-corrected chi connectivity index (χ3v) is 8.30. The minimum atomic E-state index is -0.180. The second-order valence-corrected chi connectivity index (χ2v) is 11.2. The van der Waals surface area contributed by atoms with Crippen LogP contribution in [0.2, 0.25) is 0 Å². The van der Waals surface area contributed by atoms with Crippen LogP contribution in [-0.4, -0.2) is 65.9 Å². The normalized spacial score (nSPS) is 18.4. The maximum absolute atomic E-state index is 13.4. The van der Waals surface area contributed by atoms with Crippen LogP contribution in [0.1, 0.15) is 57.4 Å². The third-order valence-electron chi connectivity index (χ3n) is 8.30. The molecule has 0 bridgehead atoms. The van der Waals surface area contributed by atoms with E-state index in [0.717, 1.165) is 75.2 Å². The number of anilines is 2. The first kappa shape index (κ1) is 28.8. The number of esters is 1. The maximum Gasteiger partial charge on any atom is 0.310 e. The molecule has 1 atom stereocenters. The van der Waals surface area contributed by atoms with Crippen LogP contribution in [0.25, 0.3) is 10.8 Å². The zero-order valence-electron chi connectivity index (χ0n) is 24.2. The van der Waals surface area contributed by atoms with Gasteiger partial charge < -0.3 is 19.9 Å². The number of nitrogens with one attached hydrogen (secondary N) is 1. The summed E-state index contributed by atoms with van der Waals surface area (Å²) in [6.07, 6.45) is 4.66. The molecular formula is C32H41N5O4. The van der Waals surface area contributed by atoms with Crippen molar-refractivity contribution in [3.8, 4) is 0 Å². The highest BCUT2D eigenvalue weighted by molar-refractivity contribution is 5.91. The van der Waals surface area contributed by atoms with Crippen LogP contribution in [0, 0.1) is 5.92 Å². The number of likely N-dealkylation sites (tertiary alicyclic amines) is 1.